The molecule has 0 saturated carbocycles. The van der Waals surface area contributed by atoms with Gasteiger partial charge in [0.1, 0.15) is 0 Å². The summed E-state index contributed by atoms with van der Waals surface area (Å²) >= 11 is 6.56. The van der Waals surface area contributed by atoms with Gasteiger partial charge < -0.3 is 5.11 Å². The van der Waals surface area contributed by atoms with Gasteiger partial charge in [0.2, 0.25) is 0 Å². The fraction of sp³-hybridized carbons (Fsp3) is 0.647. The van der Waals surface area contributed by atoms with E-state index < -0.39 is 0 Å². The first-order valence-corrected chi connectivity index (χ1v) is 8.33. The molecule has 3 heteroatoms. The van der Waals surface area contributed by atoms with E-state index in [9.17, 15) is 5.11 Å². The highest BCUT2D eigenvalue weighted by atomic mass is 35.5. The van der Waals surface area contributed by atoms with E-state index in [-0.39, 0.29) is 6.61 Å². The van der Waals surface area contributed by atoms with Crippen LogP contribution >= 0.6 is 11.6 Å². The highest BCUT2D eigenvalue weighted by Crippen LogP contribution is 2.36. The molecule has 0 bridgehead atoms. The Balaban J connectivity index is 1.92. The van der Waals surface area contributed by atoms with Crippen LogP contribution in [0.25, 0.3) is 0 Å². The van der Waals surface area contributed by atoms with Crippen molar-refractivity contribution in [2.75, 3.05) is 19.7 Å². The Morgan fingerprint density at radius 1 is 1.05 bits per heavy atom. The van der Waals surface area contributed by atoms with Crippen LogP contribution in [-0.2, 0) is 12.8 Å². The fourth-order valence-electron chi connectivity index (χ4n) is 3.74. The van der Waals surface area contributed by atoms with Crippen LogP contribution in [-0.4, -0.2) is 29.7 Å². The SMILES string of the molecule is OCCC(c1cc2c(cc1Cl)CCCC2)N1CCCC1. The molecule has 1 aliphatic carbocycles. The number of aryl methyl sites for hydroxylation is 2. The minimum absolute atomic E-state index is 0.231. The number of likely N-dealkylation sites (tertiary alicyclic amines) is 1. The van der Waals surface area contributed by atoms with Gasteiger partial charge in [-0.2, -0.15) is 0 Å². The minimum atomic E-state index is 0.231. The van der Waals surface area contributed by atoms with E-state index in [0.29, 0.717) is 6.04 Å². The lowest BCUT2D eigenvalue weighted by Gasteiger charge is -2.29. The molecule has 3 rings (SSSR count). The number of hydrogen-bond donors (Lipinski definition) is 1. The van der Waals surface area contributed by atoms with E-state index in [2.05, 4.69) is 17.0 Å². The van der Waals surface area contributed by atoms with Crippen molar-refractivity contribution in [3.8, 4) is 0 Å². The molecule has 1 fully saturated rings. The van der Waals surface area contributed by atoms with Crippen LogP contribution in [0.4, 0.5) is 0 Å². The number of hydrogen-bond acceptors (Lipinski definition) is 2. The molecule has 20 heavy (non-hydrogen) atoms. The van der Waals surface area contributed by atoms with Gasteiger partial charge in [-0.3, -0.25) is 4.90 Å². The Bertz CT molecular complexity index is 468. The van der Waals surface area contributed by atoms with Gasteiger partial charge >= 0.3 is 0 Å². The van der Waals surface area contributed by atoms with Crippen molar-refractivity contribution < 1.29 is 5.11 Å². The number of aliphatic hydroxyl groups excluding tert-OH is 1. The van der Waals surface area contributed by atoms with Crippen molar-refractivity contribution in [1.29, 1.82) is 0 Å². The summed E-state index contributed by atoms with van der Waals surface area (Å²) in [5.41, 5.74) is 4.16. The molecule has 0 spiro atoms. The molecule has 1 unspecified atom stereocenters. The summed E-state index contributed by atoms with van der Waals surface area (Å²) < 4.78 is 0. The van der Waals surface area contributed by atoms with E-state index in [4.69, 9.17) is 11.6 Å². The second-order valence-corrected chi connectivity index (χ2v) is 6.53. The Kier molecular flexibility index (Phi) is 4.65. The van der Waals surface area contributed by atoms with Crippen molar-refractivity contribution in [3.05, 3.63) is 33.8 Å². The number of halogens is 1. The van der Waals surface area contributed by atoms with Crippen molar-refractivity contribution in [1.82, 2.24) is 4.90 Å². The van der Waals surface area contributed by atoms with Crippen LogP contribution in [0, 0.1) is 0 Å². The first-order valence-electron chi connectivity index (χ1n) is 7.95. The maximum atomic E-state index is 9.42. The number of benzene rings is 1. The number of rotatable bonds is 4. The third-order valence-corrected chi connectivity index (χ3v) is 5.13. The van der Waals surface area contributed by atoms with Crippen LogP contribution in [0.1, 0.15) is 54.8 Å². The third kappa shape index (κ3) is 2.88. The van der Waals surface area contributed by atoms with Gasteiger partial charge in [-0.05, 0) is 80.8 Å². The van der Waals surface area contributed by atoms with Gasteiger partial charge in [0.05, 0.1) is 0 Å². The fourth-order valence-corrected chi connectivity index (χ4v) is 4.05. The van der Waals surface area contributed by atoms with Crippen molar-refractivity contribution in [2.24, 2.45) is 0 Å². The van der Waals surface area contributed by atoms with Crippen LogP contribution in [0.3, 0.4) is 0 Å². The lowest BCUT2D eigenvalue weighted by molar-refractivity contribution is 0.185. The van der Waals surface area contributed by atoms with Crippen LogP contribution in [0.15, 0.2) is 12.1 Å². The molecular formula is C17H24ClNO. The minimum Gasteiger partial charge on any atom is -0.396 e. The molecule has 0 amide bonds. The average Bonchev–Trinajstić information content (AvgIpc) is 2.98. The number of nitrogens with zero attached hydrogens (tertiary/aromatic N) is 1. The van der Waals surface area contributed by atoms with Gasteiger partial charge in [-0.1, -0.05) is 17.7 Å². The van der Waals surface area contributed by atoms with E-state index >= 15 is 0 Å². The second kappa shape index (κ2) is 6.46. The lowest BCUT2D eigenvalue weighted by Crippen LogP contribution is -2.27. The molecule has 1 aliphatic heterocycles. The Hall–Kier alpha value is -0.570. The predicted octanol–water partition coefficient (Wildman–Crippen LogP) is 3.74. The molecule has 1 atom stereocenters. The highest BCUT2D eigenvalue weighted by molar-refractivity contribution is 6.31. The topological polar surface area (TPSA) is 23.5 Å². The van der Waals surface area contributed by atoms with E-state index in [1.165, 1.54) is 55.2 Å². The van der Waals surface area contributed by atoms with E-state index in [1.54, 1.807) is 0 Å². The molecule has 0 radical (unpaired) electrons. The molecule has 1 saturated heterocycles. The molecule has 110 valence electrons. The van der Waals surface area contributed by atoms with Gasteiger partial charge in [0, 0.05) is 17.7 Å². The van der Waals surface area contributed by atoms with Crippen LogP contribution < -0.4 is 0 Å². The van der Waals surface area contributed by atoms with E-state index in [1.807, 2.05) is 0 Å². The standard InChI is InChI=1S/C17H24ClNO/c18-16-12-14-6-2-1-5-13(14)11-15(16)17(7-10-20)19-8-3-4-9-19/h11-12,17,20H,1-10H2. The quantitative estimate of drug-likeness (QED) is 0.914. The normalized spacial score (nSPS) is 20.9. The summed E-state index contributed by atoms with van der Waals surface area (Å²) in [6, 6.07) is 4.81. The molecule has 2 aliphatic rings. The largest absolute Gasteiger partial charge is 0.396 e. The summed E-state index contributed by atoms with van der Waals surface area (Å²) in [7, 11) is 0. The summed E-state index contributed by atoms with van der Waals surface area (Å²) in [6.07, 6.45) is 8.26. The molecule has 1 aromatic carbocycles. The molecule has 0 aromatic heterocycles. The Morgan fingerprint density at radius 2 is 1.70 bits per heavy atom. The zero-order valence-electron chi connectivity index (χ0n) is 12.1. The summed E-state index contributed by atoms with van der Waals surface area (Å²) in [5, 5.41) is 10.3. The van der Waals surface area contributed by atoms with Gasteiger partial charge in [0.25, 0.3) is 0 Å². The summed E-state index contributed by atoms with van der Waals surface area (Å²) in [6.45, 7) is 2.50. The maximum absolute atomic E-state index is 9.42. The molecule has 1 aromatic rings. The predicted molar refractivity (Wildman–Crippen MR) is 83.3 cm³/mol. The zero-order chi connectivity index (χ0) is 13.9. The van der Waals surface area contributed by atoms with Crippen molar-refractivity contribution in [2.45, 2.75) is 51.0 Å². The van der Waals surface area contributed by atoms with Crippen molar-refractivity contribution in [3.63, 3.8) is 0 Å². The molecule has 2 nitrogen and oxygen atoms in total. The Morgan fingerprint density at radius 3 is 2.35 bits per heavy atom. The first-order chi connectivity index (χ1) is 9.79. The van der Waals surface area contributed by atoms with Crippen molar-refractivity contribution >= 4 is 11.6 Å². The summed E-state index contributed by atoms with van der Waals surface area (Å²) in [5.74, 6) is 0. The highest BCUT2D eigenvalue weighted by Gasteiger charge is 2.26. The average molecular weight is 294 g/mol. The van der Waals surface area contributed by atoms with Gasteiger partial charge in [-0.25, -0.2) is 0 Å². The van der Waals surface area contributed by atoms with Gasteiger partial charge in [-0.15, -0.1) is 0 Å². The molecular weight excluding hydrogens is 270 g/mol. The second-order valence-electron chi connectivity index (χ2n) is 6.12. The zero-order valence-corrected chi connectivity index (χ0v) is 12.8. The summed E-state index contributed by atoms with van der Waals surface area (Å²) in [4.78, 5) is 2.49. The molecule has 1 heterocycles. The first kappa shape index (κ1) is 14.4. The van der Waals surface area contributed by atoms with Crippen LogP contribution in [0.5, 0.6) is 0 Å². The number of aliphatic hydroxyl groups is 1. The maximum Gasteiger partial charge on any atom is 0.0456 e. The van der Waals surface area contributed by atoms with E-state index in [0.717, 1.165) is 24.5 Å². The van der Waals surface area contributed by atoms with Gasteiger partial charge in [0.15, 0.2) is 0 Å². The third-order valence-electron chi connectivity index (χ3n) is 4.80. The van der Waals surface area contributed by atoms with Crippen LogP contribution in [0.2, 0.25) is 5.02 Å². The molecule has 1 N–H and O–H groups in total. The smallest absolute Gasteiger partial charge is 0.0456 e. The monoisotopic (exact) mass is 293 g/mol. The Labute approximate surface area is 126 Å². The number of fused-ring (bicyclic) bond motifs is 1. The lowest BCUT2D eigenvalue weighted by atomic mass is 9.88.